The third kappa shape index (κ3) is 19.8. The molecular weight excluding hydrogens is 1470 g/mol. The summed E-state index contributed by atoms with van der Waals surface area (Å²) in [6.45, 7) is 17.3. The Balaban J connectivity index is 0.000000132. The maximum Gasteiger partial charge on any atom is 0.266 e. The zero-order valence-corrected chi connectivity index (χ0v) is 65.0. The molecule has 574 valence electrons. The number of pyridine rings is 3. The van der Waals surface area contributed by atoms with Crippen LogP contribution in [0.4, 0.5) is 35.3 Å². The molecule has 4 aliphatic rings. The van der Waals surface area contributed by atoms with Crippen molar-refractivity contribution in [2.24, 2.45) is 7.05 Å². The Morgan fingerprint density at radius 3 is 1.27 bits per heavy atom. The zero-order chi connectivity index (χ0) is 78.9. The number of hydrogen-bond donors (Lipinski definition) is 1. The van der Waals surface area contributed by atoms with Gasteiger partial charge in [0.1, 0.15) is 0 Å². The number of hydrogen-bond acceptors (Lipinski definition) is 23. The lowest BCUT2D eigenvalue weighted by atomic mass is 9.93. The Morgan fingerprint density at radius 1 is 0.434 bits per heavy atom. The van der Waals surface area contributed by atoms with Gasteiger partial charge in [0.25, 0.3) is 5.95 Å². The molecule has 0 unspecified atom stereocenters. The van der Waals surface area contributed by atoms with Crippen LogP contribution >= 0.6 is 22.7 Å². The maximum absolute atomic E-state index is 13.8. The van der Waals surface area contributed by atoms with Crippen molar-refractivity contribution < 1.29 is 32.3 Å². The van der Waals surface area contributed by atoms with Crippen LogP contribution in [0.15, 0.2) is 210 Å². The number of ketones is 4. The first-order valence-corrected chi connectivity index (χ1v) is 38.7. The number of thiazole rings is 2. The van der Waals surface area contributed by atoms with Gasteiger partial charge in [-0.3, -0.25) is 44.1 Å². The third-order valence-electron chi connectivity index (χ3n) is 20.4. The van der Waals surface area contributed by atoms with Crippen molar-refractivity contribution in [2.45, 2.75) is 86.0 Å². The monoisotopic (exact) mass is 1550 g/mol. The first-order chi connectivity index (χ1) is 54.9. The lowest BCUT2D eigenvalue weighted by Crippen LogP contribution is -2.33. The van der Waals surface area contributed by atoms with Crippen molar-refractivity contribution in [3.8, 4) is 0 Å². The molecule has 0 saturated carbocycles. The van der Waals surface area contributed by atoms with Crippen molar-refractivity contribution in [1.82, 2.24) is 75.7 Å². The zero-order valence-electron chi connectivity index (χ0n) is 63.3. The Kier molecular flexibility index (Phi) is 25.7. The summed E-state index contributed by atoms with van der Waals surface area (Å²) < 4.78 is 42.9. The standard InChI is InChI=1S/C24H24N2OS.C21H21FN6O.C20H19FN6O.C20H18FN5OS/c1-17-5-3-4-6-21(17)23(27)15-19-7-9-20(10-8-19)22-16-26(13-11-18(22)2)24-25-12-14-28-24;1-14-8-10-28(21-24-25-26-27(21)2)13-18(14)16-5-3-15(4-6-16)11-20(29)17-7-9-23-12-19(17)22;1-13-7-9-27(20-23-25-26-24-20)12-17(13)15-4-2-14(3-5-15)10-19(28)16-6-8-22-11-18(16)21;1-13-3-6-26(20-23-5-7-28-20)12-16(13)18-11-24-14(9-25-18)8-19(27)15-2-4-22-10-17(15)21/h3-10,12,14H,11,13,15-16H2,1-2H3;3-7,9,12H,8,10-11,13H2,1-2H3;2-6,8,11H,7,9-10,12H2,1H3,(H,23,24,25,26);2,4-5,7,9-11H,3,6,8,12H2,1H3. The van der Waals surface area contributed by atoms with Crippen LogP contribution in [-0.4, -0.2) is 151 Å². The van der Waals surface area contributed by atoms with E-state index in [2.05, 4.69) is 143 Å². The summed E-state index contributed by atoms with van der Waals surface area (Å²) in [5.41, 5.74) is 19.8. The predicted molar refractivity (Wildman–Crippen MR) is 432 cm³/mol. The minimum Gasteiger partial charge on any atom is -0.343 e. The normalized spacial score (nSPS) is 14.4. The minimum absolute atomic E-state index is 0.00250. The highest BCUT2D eigenvalue weighted by molar-refractivity contribution is 7.13. The molecule has 12 aromatic rings. The molecule has 0 atom stereocenters. The molecule has 4 aliphatic heterocycles. The van der Waals surface area contributed by atoms with E-state index in [1.807, 2.05) is 110 Å². The number of aromatic amines is 1. The second-order valence-corrected chi connectivity index (χ2v) is 29.7. The average Bonchev–Trinajstić information content (AvgIpc) is 1.81. The smallest absolute Gasteiger partial charge is 0.266 e. The molecule has 0 bridgehead atoms. The van der Waals surface area contributed by atoms with E-state index in [-0.39, 0.29) is 59.1 Å². The fourth-order valence-electron chi connectivity index (χ4n) is 13.8. The van der Waals surface area contributed by atoms with Gasteiger partial charge >= 0.3 is 0 Å². The molecule has 4 aromatic carbocycles. The highest BCUT2D eigenvalue weighted by Gasteiger charge is 2.27. The van der Waals surface area contributed by atoms with Crippen LogP contribution in [0.5, 0.6) is 0 Å². The fraction of sp³-hybridized carbons (Fsp3) is 0.259. The van der Waals surface area contributed by atoms with Crippen LogP contribution in [0.3, 0.4) is 0 Å². The number of tetrazole rings is 2. The first kappa shape index (κ1) is 78.6. The lowest BCUT2D eigenvalue weighted by molar-refractivity contribution is 0.0979. The second kappa shape index (κ2) is 37.0. The van der Waals surface area contributed by atoms with E-state index in [4.69, 9.17) is 0 Å². The number of halogens is 3. The van der Waals surface area contributed by atoms with Crippen molar-refractivity contribution in [3.05, 3.63) is 300 Å². The summed E-state index contributed by atoms with van der Waals surface area (Å²) in [5, 5.41) is 32.1. The summed E-state index contributed by atoms with van der Waals surface area (Å²) >= 11 is 3.31. The molecule has 8 aromatic heterocycles. The number of nitrogens with one attached hydrogen (secondary N) is 1. The van der Waals surface area contributed by atoms with Crippen molar-refractivity contribution in [3.63, 3.8) is 0 Å². The number of benzene rings is 4. The van der Waals surface area contributed by atoms with Crippen LogP contribution in [0.25, 0.3) is 22.3 Å². The van der Waals surface area contributed by atoms with Gasteiger partial charge in [-0.25, -0.2) is 27.8 Å². The molecule has 23 nitrogen and oxygen atoms in total. The van der Waals surface area contributed by atoms with E-state index in [1.54, 1.807) is 39.7 Å². The van der Waals surface area contributed by atoms with Crippen molar-refractivity contribution in [2.75, 3.05) is 72.0 Å². The summed E-state index contributed by atoms with van der Waals surface area (Å²) in [6.07, 6.45) is 19.0. The molecule has 28 heteroatoms. The summed E-state index contributed by atoms with van der Waals surface area (Å²) in [6, 6.07) is 36.2. The van der Waals surface area contributed by atoms with E-state index in [0.29, 0.717) is 24.6 Å². The maximum atomic E-state index is 13.8. The number of aromatic nitrogens is 15. The summed E-state index contributed by atoms with van der Waals surface area (Å²) in [5.74, 6) is -1.15. The number of Topliss-reactive ketones (excluding diaryl/α,β-unsaturated/α-hetero) is 4. The summed E-state index contributed by atoms with van der Waals surface area (Å²) in [4.78, 5) is 87.2. The van der Waals surface area contributed by atoms with Gasteiger partial charge in [0.15, 0.2) is 50.8 Å². The molecule has 0 aliphatic carbocycles. The van der Waals surface area contributed by atoms with Gasteiger partial charge in [-0.1, -0.05) is 130 Å². The summed E-state index contributed by atoms with van der Waals surface area (Å²) in [7, 11) is 1.83. The fourth-order valence-corrected chi connectivity index (χ4v) is 15.1. The molecule has 12 heterocycles. The molecule has 0 radical (unpaired) electrons. The molecule has 1 N–H and O–H groups in total. The van der Waals surface area contributed by atoms with E-state index < -0.39 is 17.5 Å². The third-order valence-corrected chi connectivity index (χ3v) is 22.0. The Labute approximate surface area is 659 Å². The van der Waals surface area contributed by atoms with Gasteiger partial charge in [0.05, 0.1) is 59.3 Å². The Morgan fingerprint density at radius 2 is 0.858 bits per heavy atom. The number of anilines is 4. The number of carbonyl (C=O) groups excluding carboxylic acids is 4. The van der Waals surface area contributed by atoms with E-state index in [0.717, 1.165) is 157 Å². The number of nitrogens with zero attached hydrogens (tertiary/aromatic N) is 18. The second-order valence-electron chi connectivity index (χ2n) is 27.9. The Bertz CT molecular complexity index is 5060. The van der Waals surface area contributed by atoms with Gasteiger partial charge in [0, 0.05) is 132 Å². The van der Waals surface area contributed by atoms with E-state index in [1.165, 1.54) is 81.4 Å². The highest BCUT2D eigenvalue weighted by atomic mass is 32.1. The number of aryl methyl sites for hydroxylation is 2. The first-order valence-electron chi connectivity index (χ1n) is 36.9. The predicted octanol–water partition coefficient (Wildman–Crippen LogP) is 14.8. The molecule has 0 fully saturated rings. The van der Waals surface area contributed by atoms with Crippen LogP contribution in [0, 0.1) is 24.4 Å². The molecule has 0 amide bonds. The quantitative estimate of drug-likeness (QED) is 0.0694. The van der Waals surface area contributed by atoms with Crippen LogP contribution in [-0.2, 0) is 32.7 Å². The van der Waals surface area contributed by atoms with Crippen LogP contribution in [0.2, 0.25) is 0 Å². The molecular formula is C85H82F3N19O4S2. The van der Waals surface area contributed by atoms with Crippen molar-refractivity contribution >= 4 is 90.3 Å². The SMILES string of the molecule is CC1=C(c2ccc(CC(=O)c3ccccc3C)cc2)CN(c2nccs2)CC1.CC1=C(c2ccc(CC(=O)c3ccncc3F)cc2)CN(c2nn[nH]n2)CC1.CC1=C(c2ccc(CC(=O)c3ccncc3F)cc2)CN(c2nnnn2C)CC1.CC1=C(c2cnc(CC(=O)c3ccncc3F)cn2)CN(c2nccs2)CC1. The number of carbonyl (C=O) groups is 4. The molecule has 0 saturated heterocycles. The largest absolute Gasteiger partial charge is 0.343 e. The number of rotatable bonds is 20. The van der Waals surface area contributed by atoms with Gasteiger partial charge in [0.2, 0.25) is 5.95 Å². The van der Waals surface area contributed by atoms with Gasteiger partial charge < -0.3 is 19.6 Å². The molecule has 0 spiro atoms. The lowest BCUT2D eigenvalue weighted by Gasteiger charge is -2.30. The van der Waals surface area contributed by atoms with Crippen LogP contribution in [0.1, 0.15) is 145 Å². The van der Waals surface area contributed by atoms with Crippen molar-refractivity contribution in [1.29, 1.82) is 0 Å². The number of H-pyrrole nitrogens is 1. The van der Waals surface area contributed by atoms with Gasteiger partial charge in [-0.2, -0.15) is 5.21 Å². The van der Waals surface area contributed by atoms with Gasteiger partial charge in [-0.05, 0) is 155 Å². The van der Waals surface area contributed by atoms with E-state index in [9.17, 15) is 32.3 Å². The Hall–Kier alpha value is -12.6. The topological polar surface area (TPSA) is 270 Å². The molecule has 113 heavy (non-hydrogen) atoms. The molecule has 16 rings (SSSR count). The van der Waals surface area contributed by atoms with Crippen LogP contribution < -0.4 is 19.6 Å². The van der Waals surface area contributed by atoms with Gasteiger partial charge in [-0.15, -0.1) is 27.8 Å². The highest BCUT2D eigenvalue weighted by Crippen LogP contribution is 2.35. The van der Waals surface area contributed by atoms with E-state index >= 15 is 0 Å². The average molecular weight is 1550 g/mol. The minimum atomic E-state index is -0.623.